The third-order valence-corrected chi connectivity index (χ3v) is 5.26. The average molecular weight is 353 g/mol. The zero-order valence-electron chi connectivity index (χ0n) is 13.5. The molecule has 0 bridgehead atoms. The van der Waals surface area contributed by atoms with E-state index in [0.29, 0.717) is 5.69 Å². The molecule has 0 atom stereocenters. The molecule has 0 aliphatic rings. The van der Waals surface area contributed by atoms with E-state index in [1.165, 1.54) is 12.1 Å². The Labute approximate surface area is 144 Å². The topological polar surface area (TPSA) is 71.7 Å². The van der Waals surface area contributed by atoms with Crippen molar-refractivity contribution in [1.82, 2.24) is 4.57 Å². The quantitative estimate of drug-likeness (QED) is 0.552. The second kappa shape index (κ2) is 5.74. The molecule has 5 nitrogen and oxygen atoms in total. The highest BCUT2D eigenvalue weighted by atomic mass is 31.2. The summed E-state index contributed by atoms with van der Waals surface area (Å²) in [6, 6.07) is 20.3. The zero-order chi connectivity index (χ0) is 17.6. The van der Waals surface area contributed by atoms with E-state index >= 15 is 0 Å². The molecule has 126 valence electrons. The molecule has 0 saturated carbocycles. The van der Waals surface area contributed by atoms with Crippen LogP contribution in [0.3, 0.4) is 0 Å². The molecule has 4 aromatic rings. The van der Waals surface area contributed by atoms with Gasteiger partial charge in [0.05, 0.1) is 23.4 Å². The van der Waals surface area contributed by atoms with E-state index in [9.17, 15) is 14.4 Å². The summed E-state index contributed by atoms with van der Waals surface area (Å²) in [4.78, 5) is 19.0. The van der Waals surface area contributed by atoms with Gasteiger partial charge in [0.2, 0.25) is 0 Å². The third kappa shape index (κ3) is 2.63. The first-order valence-corrected chi connectivity index (χ1v) is 9.34. The minimum absolute atomic E-state index is 0.00109. The van der Waals surface area contributed by atoms with Crippen molar-refractivity contribution in [2.75, 3.05) is 7.11 Å². The first kappa shape index (κ1) is 15.9. The van der Waals surface area contributed by atoms with Crippen LogP contribution in [-0.4, -0.2) is 21.5 Å². The van der Waals surface area contributed by atoms with Gasteiger partial charge in [0.25, 0.3) is 0 Å². The molecule has 1 heterocycles. The van der Waals surface area contributed by atoms with Crippen molar-refractivity contribution in [2.24, 2.45) is 0 Å². The first-order valence-electron chi connectivity index (χ1n) is 7.73. The minimum atomic E-state index is -4.32. The number of nitrogens with zero attached hydrogens (tertiary/aromatic N) is 1. The molecule has 0 spiro atoms. The number of hydrogen-bond donors (Lipinski definition) is 2. The molecule has 0 amide bonds. The Morgan fingerprint density at radius 3 is 2.40 bits per heavy atom. The van der Waals surface area contributed by atoms with Crippen molar-refractivity contribution in [3.8, 4) is 11.4 Å². The first-order chi connectivity index (χ1) is 12.0. The van der Waals surface area contributed by atoms with E-state index in [-0.39, 0.29) is 5.30 Å². The Bertz CT molecular complexity index is 1140. The SMILES string of the molecule is COc1ccc2c3ccccc3n(-c3cccc(P(=O)(O)O)c3)c2c1. The Morgan fingerprint density at radius 1 is 0.880 bits per heavy atom. The van der Waals surface area contributed by atoms with Crippen LogP contribution >= 0.6 is 7.60 Å². The number of aromatic nitrogens is 1. The number of rotatable bonds is 3. The lowest BCUT2D eigenvalue weighted by Gasteiger charge is -2.11. The van der Waals surface area contributed by atoms with Crippen LogP contribution in [0.4, 0.5) is 0 Å². The van der Waals surface area contributed by atoms with Gasteiger partial charge in [-0.05, 0) is 36.4 Å². The molecule has 25 heavy (non-hydrogen) atoms. The van der Waals surface area contributed by atoms with Gasteiger partial charge in [-0.15, -0.1) is 0 Å². The van der Waals surface area contributed by atoms with E-state index in [4.69, 9.17) is 4.74 Å². The van der Waals surface area contributed by atoms with Crippen molar-refractivity contribution < 1.29 is 19.1 Å². The van der Waals surface area contributed by atoms with Crippen molar-refractivity contribution in [3.63, 3.8) is 0 Å². The monoisotopic (exact) mass is 353 g/mol. The predicted octanol–water partition coefficient (Wildman–Crippen LogP) is 3.60. The number of hydrogen-bond acceptors (Lipinski definition) is 2. The molecular weight excluding hydrogens is 337 g/mol. The van der Waals surface area contributed by atoms with E-state index in [1.54, 1.807) is 13.2 Å². The van der Waals surface area contributed by atoms with Gasteiger partial charge in [-0.25, -0.2) is 0 Å². The largest absolute Gasteiger partial charge is 0.497 e. The molecule has 0 fully saturated rings. The fourth-order valence-electron chi connectivity index (χ4n) is 3.17. The number of para-hydroxylation sites is 1. The lowest BCUT2D eigenvalue weighted by Crippen LogP contribution is -2.06. The van der Waals surface area contributed by atoms with Gasteiger partial charge in [0.15, 0.2) is 0 Å². The molecule has 4 rings (SSSR count). The molecule has 0 saturated heterocycles. The zero-order valence-corrected chi connectivity index (χ0v) is 14.4. The molecular formula is C19H16NO4P. The number of methoxy groups -OCH3 is 1. The highest BCUT2D eigenvalue weighted by Crippen LogP contribution is 2.36. The number of benzene rings is 3. The molecule has 0 aliphatic heterocycles. The maximum absolute atomic E-state index is 11.6. The average Bonchev–Trinajstić information content (AvgIpc) is 2.94. The summed E-state index contributed by atoms with van der Waals surface area (Å²) >= 11 is 0. The molecule has 6 heteroatoms. The van der Waals surface area contributed by atoms with Crippen molar-refractivity contribution >= 4 is 34.7 Å². The van der Waals surface area contributed by atoms with E-state index in [0.717, 1.165) is 27.6 Å². The lowest BCUT2D eigenvalue weighted by molar-refractivity contribution is 0.387. The van der Waals surface area contributed by atoms with Crippen molar-refractivity contribution in [1.29, 1.82) is 0 Å². The second-order valence-electron chi connectivity index (χ2n) is 5.80. The highest BCUT2D eigenvalue weighted by Gasteiger charge is 2.19. The van der Waals surface area contributed by atoms with Crippen LogP contribution in [0.5, 0.6) is 5.75 Å². The highest BCUT2D eigenvalue weighted by molar-refractivity contribution is 7.60. The molecule has 1 aromatic heterocycles. The van der Waals surface area contributed by atoms with Crippen LogP contribution in [0.15, 0.2) is 66.7 Å². The van der Waals surface area contributed by atoms with Crippen LogP contribution in [-0.2, 0) is 4.57 Å². The van der Waals surface area contributed by atoms with Crippen LogP contribution in [0.1, 0.15) is 0 Å². The molecule has 0 unspecified atom stereocenters. The van der Waals surface area contributed by atoms with Gasteiger partial charge in [0, 0.05) is 22.5 Å². The smallest absolute Gasteiger partial charge is 0.356 e. The summed E-state index contributed by atoms with van der Waals surface area (Å²) in [5.41, 5.74) is 2.58. The Kier molecular flexibility index (Phi) is 3.65. The van der Waals surface area contributed by atoms with Gasteiger partial charge in [-0.2, -0.15) is 0 Å². The molecule has 2 N–H and O–H groups in total. The molecule has 3 aromatic carbocycles. The third-order valence-electron chi connectivity index (χ3n) is 4.31. The summed E-state index contributed by atoms with van der Waals surface area (Å²) < 4.78 is 19.0. The normalized spacial score (nSPS) is 12.0. The van der Waals surface area contributed by atoms with E-state index in [2.05, 4.69) is 0 Å². The van der Waals surface area contributed by atoms with Crippen LogP contribution in [0, 0.1) is 0 Å². The van der Waals surface area contributed by atoms with Crippen LogP contribution in [0.25, 0.3) is 27.5 Å². The molecule has 0 radical (unpaired) electrons. The summed E-state index contributed by atoms with van der Waals surface area (Å²) in [6.45, 7) is 0. The van der Waals surface area contributed by atoms with Crippen LogP contribution in [0.2, 0.25) is 0 Å². The number of fused-ring (bicyclic) bond motifs is 3. The van der Waals surface area contributed by atoms with Crippen LogP contribution < -0.4 is 10.0 Å². The van der Waals surface area contributed by atoms with Gasteiger partial charge in [-0.3, -0.25) is 4.57 Å². The standard InChI is InChI=1S/C19H16NO4P/c1-24-14-9-10-17-16-7-2-3-8-18(16)20(19(17)12-14)13-5-4-6-15(11-13)25(21,22)23/h2-12H,1H3,(H2,21,22,23). The maximum atomic E-state index is 11.6. The summed E-state index contributed by atoms with van der Waals surface area (Å²) in [6.07, 6.45) is 0. The summed E-state index contributed by atoms with van der Waals surface area (Å²) in [5.74, 6) is 0.725. The van der Waals surface area contributed by atoms with Crippen molar-refractivity contribution in [2.45, 2.75) is 0 Å². The lowest BCUT2D eigenvalue weighted by atomic mass is 10.1. The van der Waals surface area contributed by atoms with E-state index in [1.807, 2.05) is 53.1 Å². The number of ether oxygens (including phenoxy) is 1. The van der Waals surface area contributed by atoms with Gasteiger partial charge in [0.1, 0.15) is 5.75 Å². The summed E-state index contributed by atoms with van der Waals surface area (Å²) in [7, 11) is -2.71. The van der Waals surface area contributed by atoms with Gasteiger partial charge >= 0.3 is 7.60 Å². The minimum Gasteiger partial charge on any atom is -0.497 e. The predicted molar refractivity (Wildman–Crippen MR) is 99.0 cm³/mol. The maximum Gasteiger partial charge on any atom is 0.356 e. The Balaban J connectivity index is 2.11. The summed E-state index contributed by atoms with van der Waals surface area (Å²) in [5, 5.41) is 2.12. The van der Waals surface area contributed by atoms with Gasteiger partial charge < -0.3 is 19.1 Å². The fourth-order valence-corrected chi connectivity index (χ4v) is 3.75. The Morgan fingerprint density at radius 2 is 1.64 bits per heavy atom. The Hall–Kier alpha value is -2.59. The molecule has 0 aliphatic carbocycles. The van der Waals surface area contributed by atoms with Gasteiger partial charge in [-0.1, -0.05) is 24.3 Å². The van der Waals surface area contributed by atoms with E-state index < -0.39 is 7.60 Å². The second-order valence-corrected chi connectivity index (χ2v) is 7.40. The fraction of sp³-hybridized carbons (Fsp3) is 0.0526. The van der Waals surface area contributed by atoms with Crippen molar-refractivity contribution in [3.05, 3.63) is 66.7 Å².